The Hall–Kier alpha value is -3.36. The van der Waals surface area contributed by atoms with Gasteiger partial charge in [-0.1, -0.05) is 97.7 Å². The van der Waals surface area contributed by atoms with Crippen molar-refractivity contribution in [2.24, 2.45) is 0 Å². The van der Waals surface area contributed by atoms with Crippen molar-refractivity contribution in [1.82, 2.24) is 10.2 Å². The van der Waals surface area contributed by atoms with Crippen molar-refractivity contribution in [3.8, 4) is 0 Å². The minimum atomic E-state index is -3.86. The molecule has 0 aliphatic rings. The lowest BCUT2D eigenvalue weighted by Gasteiger charge is -2.33. The van der Waals surface area contributed by atoms with Gasteiger partial charge in [-0.2, -0.15) is 0 Å². The zero-order valence-corrected chi connectivity index (χ0v) is 23.3. The van der Waals surface area contributed by atoms with E-state index in [0.717, 1.165) is 34.5 Å². The minimum absolute atomic E-state index is 0.137. The van der Waals surface area contributed by atoms with Gasteiger partial charge in [0.15, 0.2) is 0 Å². The Morgan fingerprint density at radius 3 is 2.05 bits per heavy atom. The Bertz CT molecular complexity index is 1300. The van der Waals surface area contributed by atoms with Crippen molar-refractivity contribution in [2.75, 3.05) is 23.7 Å². The van der Waals surface area contributed by atoms with Gasteiger partial charge in [-0.15, -0.1) is 0 Å². The van der Waals surface area contributed by atoms with E-state index in [4.69, 9.17) is 11.6 Å². The molecule has 0 radical (unpaired) electrons. The van der Waals surface area contributed by atoms with E-state index in [1.54, 1.807) is 24.3 Å². The predicted molar refractivity (Wildman–Crippen MR) is 152 cm³/mol. The van der Waals surface area contributed by atoms with Crippen molar-refractivity contribution >= 4 is 39.1 Å². The molecule has 3 aromatic carbocycles. The van der Waals surface area contributed by atoms with Gasteiger partial charge < -0.3 is 10.2 Å². The van der Waals surface area contributed by atoms with Crippen molar-refractivity contribution in [3.05, 3.63) is 101 Å². The largest absolute Gasteiger partial charge is 0.354 e. The molecule has 0 saturated heterocycles. The van der Waals surface area contributed by atoms with Crippen LogP contribution in [0.15, 0.2) is 84.9 Å². The van der Waals surface area contributed by atoms with Gasteiger partial charge in [0.25, 0.3) is 0 Å². The predicted octanol–water partition coefficient (Wildman–Crippen LogP) is 4.66. The van der Waals surface area contributed by atoms with Crippen LogP contribution in [0, 0.1) is 0 Å². The first kappa shape index (κ1) is 29.2. The molecule has 0 heterocycles. The fourth-order valence-electron chi connectivity index (χ4n) is 4.09. The summed E-state index contributed by atoms with van der Waals surface area (Å²) in [7, 11) is -3.86. The maximum absolute atomic E-state index is 14.0. The zero-order valence-electron chi connectivity index (χ0n) is 21.7. The van der Waals surface area contributed by atoms with Crippen LogP contribution in [0.4, 0.5) is 5.69 Å². The average Bonchev–Trinajstić information content (AvgIpc) is 2.90. The van der Waals surface area contributed by atoms with Crippen LogP contribution in [-0.2, 0) is 32.6 Å². The first-order chi connectivity index (χ1) is 18.2. The highest BCUT2D eigenvalue weighted by atomic mass is 35.5. The molecule has 38 heavy (non-hydrogen) atoms. The van der Waals surface area contributed by atoms with Crippen molar-refractivity contribution in [1.29, 1.82) is 0 Å². The van der Waals surface area contributed by atoms with E-state index in [0.29, 0.717) is 6.54 Å². The maximum Gasteiger partial charge on any atom is 0.244 e. The highest BCUT2D eigenvalue weighted by molar-refractivity contribution is 7.92. The minimum Gasteiger partial charge on any atom is -0.354 e. The van der Waals surface area contributed by atoms with E-state index in [1.807, 2.05) is 67.6 Å². The van der Waals surface area contributed by atoms with Gasteiger partial charge in [-0.3, -0.25) is 13.9 Å². The van der Waals surface area contributed by atoms with Crippen LogP contribution in [0.25, 0.3) is 0 Å². The molecule has 0 bridgehead atoms. The number of rotatable bonds is 13. The molecule has 0 aliphatic carbocycles. The Morgan fingerprint density at radius 1 is 0.895 bits per heavy atom. The summed E-state index contributed by atoms with van der Waals surface area (Å²) in [5.74, 6) is -0.791. The molecule has 0 fully saturated rings. The molecule has 0 spiro atoms. The maximum atomic E-state index is 14.0. The number of carbonyl (C=O) groups excluding carboxylic acids is 2. The molecule has 1 N–H and O–H groups in total. The van der Waals surface area contributed by atoms with Crippen molar-refractivity contribution < 1.29 is 18.0 Å². The van der Waals surface area contributed by atoms with E-state index in [1.165, 1.54) is 4.90 Å². The average molecular weight is 556 g/mol. The van der Waals surface area contributed by atoms with Crippen LogP contribution >= 0.6 is 11.6 Å². The van der Waals surface area contributed by atoms with E-state index < -0.39 is 28.5 Å². The molecule has 202 valence electrons. The van der Waals surface area contributed by atoms with Gasteiger partial charge in [0.2, 0.25) is 21.8 Å². The molecular weight excluding hydrogens is 522 g/mol. The summed E-state index contributed by atoms with van der Waals surface area (Å²) in [5, 5.41) is 3.17. The van der Waals surface area contributed by atoms with Crippen LogP contribution in [0.1, 0.15) is 30.9 Å². The van der Waals surface area contributed by atoms with Gasteiger partial charge in [-0.05, 0) is 29.7 Å². The van der Waals surface area contributed by atoms with Crippen LogP contribution in [0.5, 0.6) is 0 Å². The zero-order chi connectivity index (χ0) is 27.5. The summed E-state index contributed by atoms with van der Waals surface area (Å²) in [6, 6.07) is 24.4. The third-order valence-corrected chi connectivity index (χ3v) is 7.54. The monoisotopic (exact) mass is 555 g/mol. The highest BCUT2D eigenvalue weighted by Crippen LogP contribution is 2.27. The molecule has 0 aliphatic heterocycles. The Kier molecular flexibility index (Phi) is 10.7. The van der Waals surface area contributed by atoms with Gasteiger partial charge in [0, 0.05) is 19.5 Å². The summed E-state index contributed by atoms with van der Waals surface area (Å²) < 4.78 is 26.6. The molecule has 3 rings (SSSR count). The lowest BCUT2D eigenvalue weighted by atomic mass is 10.0. The molecule has 0 saturated carbocycles. The molecule has 0 aromatic heterocycles. The first-order valence-corrected chi connectivity index (χ1v) is 14.8. The lowest BCUT2D eigenvalue weighted by molar-refractivity contribution is -0.140. The number of hydrogen-bond donors (Lipinski definition) is 1. The normalized spacial score (nSPS) is 12.0. The number of carbonyl (C=O) groups is 2. The second-order valence-corrected chi connectivity index (χ2v) is 11.4. The molecule has 7 nitrogen and oxygen atoms in total. The quantitative estimate of drug-likeness (QED) is 0.311. The second kappa shape index (κ2) is 14.0. The van der Waals surface area contributed by atoms with Crippen LogP contribution in [-0.4, -0.2) is 50.5 Å². The standard InChI is InChI=1S/C29H34ClN3O4S/c1-3-4-19-31-29(35)27(20-23-13-7-5-8-14-23)32(21-24-15-9-6-10-16-24)28(34)22-33(38(2,36)37)26-18-12-11-17-25(26)30/h5-18,27H,3-4,19-22H2,1-2H3,(H,31,35). The number of hydrogen-bond acceptors (Lipinski definition) is 4. The topological polar surface area (TPSA) is 86.8 Å². The van der Waals surface area contributed by atoms with Gasteiger partial charge >= 0.3 is 0 Å². The fourth-order valence-corrected chi connectivity index (χ4v) is 5.24. The van der Waals surface area contributed by atoms with E-state index in [9.17, 15) is 18.0 Å². The second-order valence-electron chi connectivity index (χ2n) is 9.08. The van der Waals surface area contributed by atoms with Gasteiger partial charge in [-0.25, -0.2) is 8.42 Å². The number of benzene rings is 3. The molecule has 1 atom stereocenters. The fraction of sp³-hybridized carbons (Fsp3) is 0.310. The number of halogens is 1. The third-order valence-electron chi connectivity index (χ3n) is 6.10. The summed E-state index contributed by atoms with van der Waals surface area (Å²) >= 11 is 6.31. The van der Waals surface area contributed by atoms with E-state index in [-0.39, 0.29) is 29.6 Å². The highest BCUT2D eigenvalue weighted by Gasteiger charge is 2.33. The van der Waals surface area contributed by atoms with Crippen molar-refractivity contribution in [2.45, 2.75) is 38.8 Å². The first-order valence-electron chi connectivity index (χ1n) is 12.6. The van der Waals surface area contributed by atoms with Crippen LogP contribution < -0.4 is 9.62 Å². The molecule has 1 unspecified atom stereocenters. The van der Waals surface area contributed by atoms with Crippen molar-refractivity contribution in [3.63, 3.8) is 0 Å². The number of unbranched alkanes of at least 4 members (excludes halogenated alkanes) is 1. The Labute approximate surface area is 230 Å². The number of amides is 2. The van der Waals surface area contributed by atoms with Crippen LogP contribution in [0.3, 0.4) is 0 Å². The summed E-state index contributed by atoms with van der Waals surface area (Å²) in [6.45, 7) is 2.16. The lowest BCUT2D eigenvalue weighted by Crippen LogP contribution is -2.53. The molecular formula is C29H34ClN3O4S. The number of anilines is 1. The van der Waals surface area contributed by atoms with Crippen LogP contribution in [0.2, 0.25) is 5.02 Å². The van der Waals surface area contributed by atoms with Gasteiger partial charge in [0.1, 0.15) is 12.6 Å². The number of para-hydroxylation sites is 1. The van der Waals surface area contributed by atoms with E-state index in [2.05, 4.69) is 5.32 Å². The molecule has 9 heteroatoms. The summed E-state index contributed by atoms with van der Waals surface area (Å²) in [6.07, 6.45) is 3.04. The summed E-state index contributed by atoms with van der Waals surface area (Å²) in [4.78, 5) is 28.9. The number of nitrogens with one attached hydrogen (secondary N) is 1. The number of nitrogens with zero attached hydrogens (tertiary/aromatic N) is 2. The summed E-state index contributed by atoms with van der Waals surface area (Å²) in [5.41, 5.74) is 1.92. The molecule has 2 amide bonds. The SMILES string of the molecule is CCCCNC(=O)C(Cc1ccccc1)N(Cc1ccccc1)C(=O)CN(c1ccccc1Cl)S(C)(=O)=O. The van der Waals surface area contributed by atoms with E-state index >= 15 is 0 Å². The number of sulfonamides is 1. The smallest absolute Gasteiger partial charge is 0.244 e. The van der Waals surface area contributed by atoms with Gasteiger partial charge in [0.05, 0.1) is 17.0 Å². The third kappa shape index (κ3) is 8.33. The Balaban J connectivity index is 2.02. The Morgan fingerprint density at radius 2 is 1.47 bits per heavy atom. The molecule has 3 aromatic rings.